The smallest absolute Gasteiger partial charge is 0.276 e. The number of rotatable bonds is 5. The predicted octanol–water partition coefficient (Wildman–Crippen LogP) is 3.04. The molecule has 0 spiro atoms. The number of methoxy groups -OCH3 is 1. The molecule has 154 valence electrons. The summed E-state index contributed by atoms with van der Waals surface area (Å²) in [6.45, 7) is 0. The first-order valence-corrected chi connectivity index (χ1v) is 10.4. The molecule has 0 bridgehead atoms. The first-order valence-electron chi connectivity index (χ1n) is 9.01. The predicted molar refractivity (Wildman–Crippen MR) is 118 cm³/mol. The summed E-state index contributed by atoms with van der Waals surface area (Å²) in [5.41, 5.74) is 4.08. The van der Waals surface area contributed by atoms with Gasteiger partial charge in [-0.15, -0.1) is 0 Å². The Labute approximate surface area is 182 Å². The molecule has 2 aromatic carbocycles. The van der Waals surface area contributed by atoms with Crippen molar-refractivity contribution in [1.82, 2.24) is 10.3 Å². The molecule has 2 N–H and O–H groups in total. The van der Waals surface area contributed by atoms with Crippen molar-refractivity contribution in [2.45, 2.75) is 6.17 Å². The number of ether oxygens (including phenoxy) is 1. The van der Waals surface area contributed by atoms with Crippen molar-refractivity contribution in [2.75, 3.05) is 23.1 Å². The largest absolute Gasteiger partial charge is 0.497 e. The zero-order valence-corrected chi connectivity index (χ0v) is 17.5. The van der Waals surface area contributed by atoms with Gasteiger partial charge in [-0.1, -0.05) is 41.6 Å². The van der Waals surface area contributed by atoms with Crippen LogP contribution in [0.2, 0.25) is 5.02 Å². The highest BCUT2D eigenvalue weighted by molar-refractivity contribution is 8.14. The SMILES string of the molecule is COc1cccc(N2C=CN3C(SCC(=O)Nc4ccccc4Cl)=NNC3C2=O)c1. The normalized spacial score (nSPS) is 17.3. The molecule has 0 radical (unpaired) electrons. The minimum absolute atomic E-state index is 0.122. The first-order chi connectivity index (χ1) is 14.6. The molecule has 2 aromatic rings. The Morgan fingerprint density at radius 1 is 1.27 bits per heavy atom. The molecule has 2 aliphatic rings. The summed E-state index contributed by atoms with van der Waals surface area (Å²) in [6.07, 6.45) is 2.75. The van der Waals surface area contributed by atoms with Crippen LogP contribution in [-0.2, 0) is 9.59 Å². The third-order valence-electron chi connectivity index (χ3n) is 4.44. The molecule has 2 heterocycles. The number of benzene rings is 2. The fraction of sp³-hybridized carbons (Fsp3) is 0.150. The Morgan fingerprint density at radius 3 is 2.90 bits per heavy atom. The van der Waals surface area contributed by atoms with Gasteiger partial charge in [-0.3, -0.25) is 24.8 Å². The van der Waals surface area contributed by atoms with Crippen molar-refractivity contribution >= 4 is 51.7 Å². The van der Waals surface area contributed by atoms with Crippen LogP contribution in [0.15, 0.2) is 66.0 Å². The Balaban J connectivity index is 1.39. The minimum Gasteiger partial charge on any atom is -0.497 e. The van der Waals surface area contributed by atoms with Crippen LogP contribution in [0.3, 0.4) is 0 Å². The number of amides is 2. The quantitative estimate of drug-likeness (QED) is 0.738. The highest BCUT2D eigenvalue weighted by atomic mass is 35.5. The first kappa shape index (κ1) is 20.1. The van der Waals surface area contributed by atoms with E-state index in [4.69, 9.17) is 16.3 Å². The average Bonchev–Trinajstić information content (AvgIpc) is 3.18. The van der Waals surface area contributed by atoms with E-state index in [0.29, 0.717) is 27.3 Å². The highest BCUT2D eigenvalue weighted by Crippen LogP contribution is 2.28. The summed E-state index contributed by atoms with van der Waals surface area (Å²) in [6, 6.07) is 14.3. The van der Waals surface area contributed by atoms with Gasteiger partial charge >= 0.3 is 0 Å². The monoisotopic (exact) mass is 443 g/mol. The standard InChI is InChI=1S/C20H18ClN5O3S/c1-29-14-6-4-5-13(11-14)25-9-10-26-18(19(25)28)23-24-20(26)30-12-17(27)22-16-8-3-2-7-15(16)21/h2-11,18,23H,12H2,1H3,(H,22,27). The fourth-order valence-corrected chi connectivity index (χ4v) is 3.92. The van der Waals surface area contributed by atoms with E-state index in [2.05, 4.69) is 15.8 Å². The van der Waals surface area contributed by atoms with Gasteiger partial charge in [0.2, 0.25) is 12.1 Å². The van der Waals surface area contributed by atoms with Gasteiger partial charge in [0.25, 0.3) is 5.91 Å². The van der Waals surface area contributed by atoms with Gasteiger partial charge in [-0.05, 0) is 24.3 Å². The number of anilines is 2. The summed E-state index contributed by atoms with van der Waals surface area (Å²) < 4.78 is 5.23. The number of carbonyl (C=O) groups excluding carboxylic acids is 2. The Morgan fingerprint density at radius 2 is 2.10 bits per heavy atom. The molecule has 0 aliphatic carbocycles. The van der Waals surface area contributed by atoms with E-state index in [9.17, 15) is 9.59 Å². The number of nitrogens with one attached hydrogen (secondary N) is 2. The number of hydrogen-bond donors (Lipinski definition) is 2. The molecule has 0 saturated carbocycles. The molecule has 1 unspecified atom stereocenters. The lowest BCUT2D eigenvalue weighted by Crippen LogP contribution is -2.52. The highest BCUT2D eigenvalue weighted by Gasteiger charge is 2.38. The van der Waals surface area contributed by atoms with E-state index in [1.807, 2.05) is 18.2 Å². The molecule has 0 aromatic heterocycles. The topological polar surface area (TPSA) is 86.3 Å². The van der Waals surface area contributed by atoms with E-state index < -0.39 is 6.17 Å². The third kappa shape index (κ3) is 4.07. The molecule has 0 fully saturated rings. The minimum atomic E-state index is -0.671. The zero-order chi connectivity index (χ0) is 21.1. The van der Waals surface area contributed by atoms with Gasteiger partial charge in [0.1, 0.15) is 5.75 Å². The van der Waals surface area contributed by atoms with Gasteiger partial charge in [-0.2, -0.15) is 5.10 Å². The molecule has 30 heavy (non-hydrogen) atoms. The number of para-hydroxylation sites is 1. The summed E-state index contributed by atoms with van der Waals surface area (Å²) in [5, 5.41) is 7.98. The van der Waals surface area contributed by atoms with Crippen LogP contribution < -0.4 is 20.4 Å². The van der Waals surface area contributed by atoms with Gasteiger partial charge in [0, 0.05) is 18.5 Å². The van der Waals surface area contributed by atoms with Gasteiger partial charge in [0.15, 0.2) is 5.17 Å². The van der Waals surface area contributed by atoms with Crippen LogP contribution in [-0.4, -0.2) is 40.9 Å². The van der Waals surface area contributed by atoms with Gasteiger partial charge < -0.3 is 10.1 Å². The van der Waals surface area contributed by atoms with Crippen LogP contribution in [0.4, 0.5) is 11.4 Å². The number of hydrogen-bond acceptors (Lipinski definition) is 7. The van der Waals surface area contributed by atoms with E-state index in [1.165, 1.54) is 16.7 Å². The maximum atomic E-state index is 12.9. The Kier molecular flexibility index (Phi) is 5.82. The number of thioether (sulfide) groups is 1. The van der Waals surface area contributed by atoms with Gasteiger partial charge in [0.05, 0.1) is 29.3 Å². The molecule has 8 nitrogen and oxygen atoms in total. The molecular weight excluding hydrogens is 426 g/mol. The molecule has 0 saturated heterocycles. The van der Waals surface area contributed by atoms with E-state index in [-0.39, 0.29) is 17.6 Å². The van der Waals surface area contributed by atoms with Crippen molar-refractivity contribution in [1.29, 1.82) is 0 Å². The van der Waals surface area contributed by atoms with Crippen LogP contribution in [0.5, 0.6) is 5.75 Å². The fourth-order valence-electron chi connectivity index (χ4n) is 2.97. The summed E-state index contributed by atoms with van der Waals surface area (Å²) >= 11 is 7.29. The number of amidine groups is 1. The van der Waals surface area contributed by atoms with Crippen molar-refractivity contribution in [3.05, 3.63) is 66.0 Å². The average molecular weight is 444 g/mol. The number of nitrogens with zero attached hydrogens (tertiary/aromatic N) is 3. The summed E-state index contributed by atoms with van der Waals surface area (Å²) in [4.78, 5) is 28.4. The number of hydrazone groups is 1. The molecule has 2 amide bonds. The van der Waals surface area contributed by atoms with Crippen LogP contribution in [0.1, 0.15) is 0 Å². The number of fused-ring (bicyclic) bond motifs is 1. The van der Waals surface area contributed by atoms with Crippen LogP contribution in [0, 0.1) is 0 Å². The van der Waals surface area contributed by atoms with Crippen LogP contribution >= 0.6 is 23.4 Å². The molecule has 2 aliphatic heterocycles. The lowest BCUT2D eigenvalue weighted by molar-refractivity contribution is -0.122. The second kappa shape index (κ2) is 8.68. The number of halogens is 1. The van der Waals surface area contributed by atoms with Crippen LogP contribution in [0.25, 0.3) is 0 Å². The molecule has 10 heteroatoms. The maximum absolute atomic E-state index is 12.9. The van der Waals surface area contributed by atoms with Crippen molar-refractivity contribution in [2.24, 2.45) is 5.10 Å². The zero-order valence-electron chi connectivity index (χ0n) is 15.9. The maximum Gasteiger partial charge on any atom is 0.276 e. The van der Waals surface area contributed by atoms with E-state index >= 15 is 0 Å². The van der Waals surface area contributed by atoms with E-state index in [0.717, 1.165) is 0 Å². The lowest BCUT2D eigenvalue weighted by Gasteiger charge is -2.32. The number of carbonyl (C=O) groups is 2. The summed E-state index contributed by atoms with van der Waals surface area (Å²) in [5.74, 6) is 0.374. The molecule has 4 rings (SSSR count). The second-order valence-electron chi connectivity index (χ2n) is 6.36. The third-order valence-corrected chi connectivity index (χ3v) is 5.74. The second-order valence-corrected chi connectivity index (χ2v) is 7.71. The van der Waals surface area contributed by atoms with Crippen molar-refractivity contribution < 1.29 is 14.3 Å². The van der Waals surface area contributed by atoms with Crippen molar-refractivity contribution in [3.63, 3.8) is 0 Å². The Hall–Kier alpha value is -3.17. The Bertz CT molecular complexity index is 1040. The van der Waals surface area contributed by atoms with E-state index in [1.54, 1.807) is 54.7 Å². The summed E-state index contributed by atoms with van der Waals surface area (Å²) in [7, 11) is 1.58. The van der Waals surface area contributed by atoms with Gasteiger partial charge in [-0.25, -0.2) is 0 Å². The van der Waals surface area contributed by atoms with Crippen molar-refractivity contribution in [3.8, 4) is 5.75 Å². The lowest BCUT2D eigenvalue weighted by atomic mass is 10.2. The molecular formula is C20H18ClN5O3S. The molecule has 1 atom stereocenters.